The van der Waals surface area contributed by atoms with Crippen LogP contribution in [0.15, 0.2) is 42.7 Å². The first-order valence-electron chi connectivity index (χ1n) is 6.36. The fourth-order valence-electron chi connectivity index (χ4n) is 2.12. The van der Waals surface area contributed by atoms with E-state index in [1.165, 1.54) is 5.56 Å². The van der Waals surface area contributed by atoms with Crippen molar-refractivity contribution in [3.63, 3.8) is 0 Å². The highest BCUT2D eigenvalue weighted by atomic mass is 15.2. The van der Waals surface area contributed by atoms with Crippen LogP contribution in [0.5, 0.6) is 0 Å². The number of benzene rings is 1. The van der Waals surface area contributed by atoms with Crippen LogP contribution in [0.4, 0.5) is 0 Å². The van der Waals surface area contributed by atoms with Gasteiger partial charge in [-0.2, -0.15) is 0 Å². The molecule has 1 unspecified atom stereocenters. The third-order valence-corrected chi connectivity index (χ3v) is 3.06. The number of aryl methyl sites for hydroxylation is 1. The molecule has 0 aliphatic carbocycles. The molecule has 1 aromatic heterocycles. The topological polar surface area (TPSA) is 55.9 Å². The lowest BCUT2D eigenvalue weighted by atomic mass is 10.0. The molecule has 0 radical (unpaired) electrons. The smallest absolute Gasteiger partial charge is 0.110 e. The van der Waals surface area contributed by atoms with Gasteiger partial charge in [0, 0.05) is 25.4 Å². The van der Waals surface area contributed by atoms with Crippen LogP contribution in [0.25, 0.3) is 0 Å². The molecule has 2 rings (SSSR count). The van der Waals surface area contributed by atoms with Crippen LogP contribution in [-0.2, 0) is 13.0 Å². The lowest BCUT2D eigenvalue weighted by molar-refractivity contribution is 0.517. The van der Waals surface area contributed by atoms with E-state index in [0.29, 0.717) is 0 Å². The molecule has 0 spiro atoms. The van der Waals surface area contributed by atoms with Gasteiger partial charge < -0.3 is 4.57 Å². The van der Waals surface area contributed by atoms with E-state index in [4.69, 9.17) is 5.84 Å². The number of aromatic nitrogens is 2. The first-order chi connectivity index (χ1) is 8.85. The molecule has 0 saturated heterocycles. The van der Waals surface area contributed by atoms with Crippen molar-refractivity contribution in [1.82, 2.24) is 15.0 Å². The number of nitrogens with zero attached hydrogens (tertiary/aromatic N) is 2. The summed E-state index contributed by atoms with van der Waals surface area (Å²) in [4.78, 5) is 4.42. The number of hydrogen-bond acceptors (Lipinski definition) is 3. The third kappa shape index (κ3) is 2.97. The number of nitrogens with one attached hydrogen (secondary N) is 1. The molecule has 96 valence electrons. The Morgan fingerprint density at radius 2 is 2.11 bits per heavy atom. The van der Waals surface area contributed by atoms with Crippen LogP contribution in [0.3, 0.4) is 0 Å². The molecule has 0 fully saturated rings. The summed E-state index contributed by atoms with van der Waals surface area (Å²) in [6.07, 6.45) is 5.78. The Morgan fingerprint density at radius 1 is 1.33 bits per heavy atom. The van der Waals surface area contributed by atoms with Crippen molar-refractivity contribution in [2.45, 2.75) is 32.4 Å². The van der Waals surface area contributed by atoms with Crippen molar-refractivity contribution >= 4 is 0 Å². The molecule has 18 heavy (non-hydrogen) atoms. The van der Waals surface area contributed by atoms with Gasteiger partial charge in [0.25, 0.3) is 0 Å². The summed E-state index contributed by atoms with van der Waals surface area (Å²) in [5.41, 5.74) is 4.06. The third-order valence-electron chi connectivity index (χ3n) is 3.06. The van der Waals surface area contributed by atoms with Crippen molar-refractivity contribution in [2.24, 2.45) is 5.84 Å². The first kappa shape index (κ1) is 12.8. The maximum Gasteiger partial charge on any atom is 0.110 e. The molecule has 1 atom stereocenters. The Kier molecular flexibility index (Phi) is 4.50. The number of hydrazine groups is 1. The van der Waals surface area contributed by atoms with Gasteiger partial charge in [0.1, 0.15) is 5.82 Å². The average Bonchev–Trinajstić information content (AvgIpc) is 2.85. The second kappa shape index (κ2) is 6.33. The zero-order valence-corrected chi connectivity index (χ0v) is 10.7. The van der Waals surface area contributed by atoms with Crippen LogP contribution < -0.4 is 11.3 Å². The Bertz CT molecular complexity index is 464. The summed E-state index contributed by atoms with van der Waals surface area (Å²) in [5.74, 6) is 6.73. The maximum atomic E-state index is 5.66. The molecular weight excluding hydrogens is 224 g/mol. The quantitative estimate of drug-likeness (QED) is 0.604. The van der Waals surface area contributed by atoms with Gasteiger partial charge in [-0.05, 0) is 12.0 Å². The highest BCUT2D eigenvalue weighted by Gasteiger charge is 2.13. The fraction of sp³-hybridized carbons (Fsp3) is 0.357. The number of nitrogens with two attached hydrogens (primary N) is 1. The summed E-state index contributed by atoms with van der Waals surface area (Å²) in [6.45, 7) is 3.17. The van der Waals surface area contributed by atoms with Crippen molar-refractivity contribution in [3.8, 4) is 0 Å². The summed E-state index contributed by atoms with van der Waals surface area (Å²) in [7, 11) is 0. The number of rotatable bonds is 6. The Balaban J connectivity index is 2.13. The number of hydrogen-bond donors (Lipinski definition) is 2. The molecule has 0 amide bonds. The van der Waals surface area contributed by atoms with E-state index in [1.54, 1.807) is 0 Å². The van der Waals surface area contributed by atoms with Gasteiger partial charge in [-0.15, -0.1) is 0 Å². The lowest BCUT2D eigenvalue weighted by Gasteiger charge is -2.16. The van der Waals surface area contributed by atoms with Gasteiger partial charge in [0.2, 0.25) is 0 Å². The standard InChI is InChI=1S/C14H20N4/c1-2-9-18-10-8-16-14(18)11-13(17-15)12-6-4-3-5-7-12/h3-8,10,13,17H,2,9,11,15H2,1H3. The van der Waals surface area contributed by atoms with Gasteiger partial charge in [0.15, 0.2) is 0 Å². The summed E-state index contributed by atoms with van der Waals surface area (Å²) >= 11 is 0. The van der Waals surface area contributed by atoms with E-state index in [-0.39, 0.29) is 6.04 Å². The van der Waals surface area contributed by atoms with Crippen LogP contribution in [0.1, 0.15) is 30.8 Å². The normalized spacial score (nSPS) is 12.6. The summed E-state index contributed by atoms with van der Waals surface area (Å²) < 4.78 is 2.19. The minimum atomic E-state index is 0.101. The highest BCUT2D eigenvalue weighted by Crippen LogP contribution is 2.16. The second-order valence-electron chi connectivity index (χ2n) is 4.37. The van der Waals surface area contributed by atoms with E-state index in [0.717, 1.165) is 25.2 Å². The molecule has 0 saturated carbocycles. The maximum absolute atomic E-state index is 5.66. The number of imidazole rings is 1. The van der Waals surface area contributed by atoms with E-state index in [9.17, 15) is 0 Å². The van der Waals surface area contributed by atoms with Crippen molar-refractivity contribution in [1.29, 1.82) is 0 Å². The largest absolute Gasteiger partial charge is 0.335 e. The van der Waals surface area contributed by atoms with E-state index >= 15 is 0 Å². The van der Waals surface area contributed by atoms with Crippen LogP contribution in [0.2, 0.25) is 0 Å². The molecule has 1 aromatic carbocycles. The predicted octanol–water partition coefficient (Wildman–Crippen LogP) is 2.04. The minimum absolute atomic E-state index is 0.101. The van der Waals surface area contributed by atoms with Crippen LogP contribution >= 0.6 is 0 Å². The van der Waals surface area contributed by atoms with E-state index in [2.05, 4.69) is 34.0 Å². The minimum Gasteiger partial charge on any atom is -0.335 e. The summed E-state index contributed by atoms with van der Waals surface area (Å²) in [5, 5.41) is 0. The second-order valence-corrected chi connectivity index (χ2v) is 4.37. The van der Waals surface area contributed by atoms with Crippen molar-refractivity contribution in [2.75, 3.05) is 0 Å². The molecular formula is C14H20N4. The SMILES string of the molecule is CCCn1ccnc1CC(NN)c1ccccc1. The lowest BCUT2D eigenvalue weighted by Crippen LogP contribution is -2.30. The van der Waals surface area contributed by atoms with Gasteiger partial charge in [-0.1, -0.05) is 37.3 Å². The van der Waals surface area contributed by atoms with Gasteiger partial charge >= 0.3 is 0 Å². The fourth-order valence-corrected chi connectivity index (χ4v) is 2.12. The zero-order valence-electron chi connectivity index (χ0n) is 10.7. The predicted molar refractivity (Wildman–Crippen MR) is 72.7 cm³/mol. The highest BCUT2D eigenvalue weighted by molar-refractivity contribution is 5.20. The van der Waals surface area contributed by atoms with Gasteiger partial charge in [-0.25, -0.2) is 4.98 Å². The monoisotopic (exact) mass is 244 g/mol. The first-order valence-corrected chi connectivity index (χ1v) is 6.36. The summed E-state index contributed by atoms with van der Waals surface area (Å²) in [6, 6.07) is 10.3. The molecule has 0 bridgehead atoms. The average molecular weight is 244 g/mol. The molecule has 0 aliphatic rings. The molecule has 2 aromatic rings. The van der Waals surface area contributed by atoms with Crippen LogP contribution in [0, 0.1) is 0 Å². The Morgan fingerprint density at radius 3 is 2.78 bits per heavy atom. The van der Waals surface area contributed by atoms with Crippen LogP contribution in [-0.4, -0.2) is 9.55 Å². The Labute approximate surface area is 108 Å². The van der Waals surface area contributed by atoms with E-state index < -0.39 is 0 Å². The van der Waals surface area contributed by atoms with E-state index in [1.807, 2.05) is 30.6 Å². The molecule has 1 heterocycles. The molecule has 0 aliphatic heterocycles. The van der Waals surface area contributed by atoms with Gasteiger partial charge in [-0.3, -0.25) is 11.3 Å². The van der Waals surface area contributed by atoms with Gasteiger partial charge in [0.05, 0.1) is 6.04 Å². The molecule has 4 nitrogen and oxygen atoms in total. The molecule has 3 N–H and O–H groups in total. The van der Waals surface area contributed by atoms with Crippen molar-refractivity contribution in [3.05, 3.63) is 54.1 Å². The van der Waals surface area contributed by atoms with Crippen molar-refractivity contribution < 1.29 is 0 Å². The Hall–Kier alpha value is -1.65. The molecule has 4 heteroatoms. The zero-order chi connectivity index (χ0) is 12.8.